The fourth-order valence-electron chi connectivity index (χ4n) is 4.16. The number of carbonyl (C=O) groups is 1. The molecule has 3 heterocycles. The lowest BCUT2D eigenvalue weighted by Crippen LogP contribution is -2.38. The van der Waals surface area contributed by atoms with Crippen molar-refractivity contribution in [2.24, 2.45) is 7.05 Å². The zero-order valence-corrected chi connectivity index (χ0v) is 18.1. The number of rotatable bonds is 4. The molecule has 8 heteroatoms. The molecule has 1 fully saturated rings. The van der Waals surface area contributed by atoms with Crippen LogP contribution in [0.25, 0.3) is 16.7 Å². The highest BCUT2D eigenvalue weighted by Gasteiger charge is 2.30. The van der Waals surface area contributed by atoms with E-state index in [1.165, 1.54) is 22.7 Å². The third-order valence-electron chi connectivity index (χ3n) is 5.81. The fraction of sp³-hybridized carbons (Fsp3) is 0.304. The van der Waals surface area contributed by atoms with Gasteiger partial charge in [0.15, 0.2) is 5.16 Å². The first kappa shape index (κ1) is 19.8. The second-order valence-electron chi connectivity index (χ2n) is 7.79. The zero-order valence-electron chi connectivity index (χ0n) is 17.3. The summed E-state index contributed by atoms with van der Waals surface area (Å²) in [6.07, 6.45) is 3.25. The van der Waals surface area contributed by atoms with Crippen molar-refractivity contribution in [2.45, 2.75) is 29.7 Å². The molecular weight excluding hydrogens is 410 g/mol. The molecule has 2 aromatic heterocycles. The highest BCUT2D eigenvalue weighted by molar-refractivity contribution is 8.00. The van der Waals surface area contributed by atoms with Gasteiger partial charge in [-0.15, -0.1) is 10.2 Å². The number of fused-ring (bicyclic) bond motifs is 3. The van der Waals surface area contributed by atoms with E-state index in [1.807, 2.05) is 57.8 Å². The van der Waals surface area contributed by atoms with Gasteiger partial charge in [0.05, 0.1) is 10.9 Å². The summed E-state index contributed by atoms with van der Waals surface area (Å²) in [6.45, 7) is 1.58. The maximum absolute atomic E-state index is 13.5. The van der Waals surface area contributed by atoms with E-state index in [0.29, 0.717) is 16.3 Å². The summed E-state index contributed by atoms with van der Waals surface area (Å²) in [4.78, 5) is 28.2. The van der Waals surface area contributed by atoms with E-state index in [1.54, 1.807) is 13.1 Å². The molecule has 1 aliphatic rings. The Bertz CT molecular complexity index is 1310. The van der Waals surface area contributed by atoms with E-state index in [0.717, 1.165) is 37.0 Å². The third kappa shape index (κ3) is 3.50. The Morgan fingerprint density at radius 3 is 2.45 bits per heavy atom. The number of para-hydroxylation sites is 1. The van der Waals surface area contributed by atoms with Crippen LogP contribution in [0.15, 0.2) is 64.5 Å². The number of carbonyl (C=O) groups excluding carboxylic acids is 1. The number of nitrogens with zero attached hydrogens (tertiary/aromatic N) is 5. The Morgan fingerprint density at radius 1 is 0.968 bits per heavy atom. The molecule has 1 saturated heterocycles. The van der Waals surface area contributed by atoms with Crippen molar-refractivity contribution in [2.75, 3.05) is 13.1 Å². The van der Waals surface area contributed by atoms with Crippen LogP contribution in [-0.4, -0.2) is 43.1 Å². The van der Waals surface area contributed by atoms with E-state index in [2.05, 4.69) is 10.2 Å². The van der Waals surface area contributed by atoms with Gasteiger partial charge in [0.25, 0.3) is 5.56 Å². The molecule has 1 unspecified atom stereocenters. The number of benzene rings is 2. The molecule has 4 aromatic rings. The Hall–Kier alpha value is -3.13. The maximum atomic E-state index is 13.5. The Morgan fingerprint density at radius 2 is 1.68 bits per heavy atom. The minimum atomic E-state index is -0.428. The number of thioether (sulfide) groups is 1. The quantitative estimate of drug-likeness (QED) is 0.461. The van der Waals surface area contributed by atoms with Crippen molar-refractivity contribution < 1.29 is 4.79 Å². The molecule has 7 nitrogen and oxygen atoms in total. The minimum absolute atomic E-state index is 0.0989. The molecule has 0 N–H and O–H groups in total. The van der Waals surface area contributed by atoms with Crippen LogP contribution in [0.5, 0.6) is 0 Å². The minimum Gasteiger partial charge on any atom is -0.341 e. The van der Waals surface area contributed by atoms with E-state index in [9.17, 15) is 9.59 Å². The number of aromatic nitrogens is 4. The summed E-state index contributed by atoms with van der Waals surface area (Å²) >= 11 is 1.39. The SMILES string of the molecule is Cn1c(=O)c2ccccc2n2c(SC(C(=O)N3CCCCC3)c3ccccc3)nnc12. The number of amides is 1. The molecule has 1 aliphatic heterocycles. The van der Waals surface area contributed by atoms with Crippen molar-refractivity contribution in [3.05, 3.63) is 70.5 Å². The predicted octanol–water partition coefficient (Wildman–Crippen LogP) is 3.43. The van der Waals surface area contributed by atoms with Crippen LogP contribution in [-0.2, 0) is 11.8 Å². The lowest BCUT2D eigenvalue weighted by molar-refractivity contribution is -0.131. The van der Waals surface area contributed by atoms with E-state index in [-0.39, 0.29) is 11.5 Å². The number of likely N-dealkylation sites (tertiary alicyclic amines) is 1. The molecule has 1 amide bonds. The molecule has 1 atom stereocenters. The molecule has 0 bridgehead atoms. The second kappa shape index (κ2) is 8.19. The van der Waals surface area contributed by atoms with Gasteiger partial charge in [0.2, 0.25) is 11.7 Å². The number of hydrogen-bond donors (Lipinski definition) is 0. The average molecular weight is 434 g/mol. The summed E-state index contributed by atoms with van der Waals surface area (Å²) < 4.78 is 3.38. The molecule has 158 valence electrons. The third-order valence-corrected chi connectivity index (χ3v) is 7.00. The standard InChI is InChI=1S/C23H23N5O2S/c1-26-20(29)17-12-6-7-13-18(17)28-22(26)24-25-23(28)31-19(16-10-4-2-5-11-16)21(30)27-14-8-3-9-15-27/h2,4-7,10-13,19H,3,8-9,14-15H2,1H3. The van der Waals surface area contributed by atoms with Gasteiger partial charge < -0.3 is 4.90 Å². The lowest BCUT2D eigenvalue weighted by Gasteiger charge is -2.30. The molecule has 31 heavy (non-hydrogen) atoms. The lowest BCUT2D eigenvalue weighted by atomic mass is 10.1. The Labute approximate surface area is 183 Å². The maximum Gasteiger partial charge on any atom is 0.262 e. The topological polar surface area (TPSA) is 72.5 Å². The number of aryl methyl sites for hydroxylation is 1. The van der Waals surface area contributed by atoms with Crippen LogP contribution in [0, 0.1) is 0 Å². The van der Waals surface area contributed by atoms with E-state index >= 15 is 0 Å². The first-order valence-corrected chi connectivity index (χ1v) is 11.4. The molecule has 0 saturated carbocycles. The number of hydrogen-bond acceptors (Lipinski definition) is 5. The van der Waals surface area contributed by atoms with Gasteiger partial charge in [0.1, 0.15) is 5.25 Å². The van der Waals surface area contributed by atoms with Crippen LogP contribution in [0.2, 0.25) is 0 Å². The van der Waals surface area contributed by atoms with Crippen LogP contribution < -0.4 is 5.56 Å². The zero-order chi connectivity index (χ0) is 21.4. The van der Waals surface area contributed by atoms with Crippen molar-refractivity contribution >= 4 is 34.3 Å². The van der Waals surface area contributed by atoms with Gasteiger partial charge >= 0.3 is 0 Å². The van der Waals surface area contributed by atoms with Crippen molar-refractivity contribution in [1.82, 2.24) is 24.1 Å². The monoisotopic (exact) mass is 433 g/mol. The average Bonchev–Trinajstić information content (AvgIpc) is 3.26. The van der Waals surface area contributed by atoms with Gasteiger partial charge in [-0.3, -0.25) is 18.6 Å². The fourth-order valence-corrected chi connectivity index (χ4v) is 5.29. The molecule has 0 aliphatic carbocycles. The largest absolute Gasteiger partial charge is 0.341 e. The van der Waals surface area contributed by atoms with E-state index in [4.69, 9.17) is 0 Å². The van der Waals surface area contributed by atoms with Crippen molar-refractivity contribution in [3.8, 4) is 0 Å². The predicted molar refractivity (Wildman–Crippen MR) is 121 cm³/mol. The van der Waals surface area contributed by atoms with Gasteiger partial charge in [-0.25, -0.2) is 0 Å². The Kier molecular flexibility index (Phi) is 5.23. The normalized spacial score (nSPS) is 15.5. The van der Waals surface area contributed by atoms with Gasteiger partial charge in [0, 0.05) is 20.1 Å². The van der Waals surface area contributed by atoms with E-state index < -0.39 is 5.25 Å². The summed E-state index contributed by atoms with van der Waals surface area (Å²) in [6, 6.07) is 17.3. The Balaban J connectivity index is 1.63. The molecular formula is C23H23N5O2S. The van der Waals surface area contributed by atoms with Gasteiger partial charge in [-0.2, -0.15) is 0 Å². The van der Waals surface area contributed by atoms with Crippen molar-refractivity contribution in [3.63, 3.8) is 0 Å². The second-order valence-corrected chi connectivity index (χ2v) is 8.87. The first-order chi connectivity index (χ1) is 15.1. The van der Waals surface area contributed by atoms with Crippen LogP contribution in [0.3, 0.4) is 0 Å². The van der Waals surface area contributed by atoms with Gasteiger partial charge in [-0.05, 0) is 37.0 Å². The molecule has 0 spiro atoms. The molecule has 5 rings (SSSR count). The number of piperidine rings is 1. The molecule has 2 aromatic carbocycles. The van der Waals surface area contributed by atoms with Crippen molar-refractivity contribution in [1.29, 1.82) is 0 Å². The summed E-state index contributed by atoms with van der Waals surface area (Å²) in [7, 11) is 1.70. The first-order valence-electron chi connectivity index (χ1n) is 10.5. The highest BCUT2D eigenvalue weighted by atomic mass is 32.2. The van der Waals surface area contributed by atoms with Gasteiger partial charge in [-0.1, -0.05) is 54.2 Å². The summed E-state index contributed by atoms with van der Waals surface area (Å²) in [5.41, 5.74) is 1.57. The van der Waals surface area contributed by atoms with Crippen LogP contribution in [0.4, 0.5) is 0 Å². The highest BCUT2D eigenvalue weighted by Crippen LogP contribution is 2.37. The van der Waals surface area contributed by atoms with Crippen LogP contribution in [0.1, 0.15) is 30.1 Å². The van der Waals surface area contributed by atoms with Crippen LogP contribution >= 0.6 is 11.8 Å². The molecule has 0 radical (unpaired) electrons. The summed E-state index contributed by atoms with van der Waals surface area (Å²) in [5, 5.41) is 9.43. The smallest absolute Gasteiger partial charge is 0.262 e. The summed E-state index contributed by atoms with van der Waals surface area (Å²) in [5.74, 6) is 0.560.